The van der Waals surface area contributed by atoms with E-state index in [0.29, 0.717) is 0 Å². The van der Waals surface area contributed by atoms with Crippen LogP contribution in [0.1, 0.15) is 25.0 Å². The van der Waals surface area contributed by atoms with Crippen LogP contribution < -0.4 is 4.90 Å². The first-order chi connectivity index (χ1) is 28.0. The van der Waals surface area contributed by atoms with Crippen molar-refractivity contribution in [3.63, 3.8) is 0 Å². The van der Waals surface area contributed by atoms with E-state index in [9.17, 15) is 0 Å². The zero-order valence-electron chi connectivity index (χ0n) is 31.9. The first-order valence-electron chi connectivity index (χ1n) is 19.7. The third-order valence-electron chi connectivity index (χ3n) is 12.0. The summed E-state index contributed by atoms with van der Waals surface area (Å²) in [5.74, 6) is 0. The maximum Gasteiger partial charge on any atom is 0.135 e. The van der Waals surface area contributed by atoms with Crippen LogP contribution in [0.2, 0.25) is 0 Å². The molecule has 9 aromatic carbocycles. The molecular formula is C55H39NO. The van der Waals surface area contributed by atoms with E-state index in [1.165, 1.54) is 55.3 Å². The summed E-state index contributed by atoms with van der Waals surface area (Å²) < 4.78 is 6.19. The molecule has 0 aliphatic heterocycles. The van der Waals surface area contributed by atoms with E-state index in [1.54, 1.807) is 0 Å². The van der Waals surface area contributed by atoms with Crippen molar-refractivity contribution in [3.05, 3.63) is 211 Å². The minimum absolute atomic E-state index is 0.206. The van der Waals surface area contributed by atoms with Gasteiger partial charge in [-0.2, -0.15) is 0 Å². The quantitative estimate of drug-likeness (QED) is 0.169. The molecular weight excluding hydrogens is 691 g/mol. The lowest BCUT2D eigenvalue weighted by Crippen LogP contribution is -2.17. The fraction of sp³-hybridized carbons (Fsp3) is 0.0545. The molecule has 1 heterocycles. The number of rotatable bonds is 6. The summed E-state index contributed by atoms with van der Waals surface area (Å²) >= 11 is 0. The molecule has 0 saturated carbocycles. The number of fused-ring (bicyclic) bond motifs is 7. The van der Waals surface area contributed by atoms with Crippen molar-refractivity contribution in [1.29, 1.82) is 0 Å². The van der Waals surface area contributed by atoms with Crippen LogP contribution in [0, 0.1) is 0 Å². The first kappa shape index (κ1) is 33.2. The number of furan rings is 1. The molecule has 0 spiro atoms. The highest BCUT2D eigenvalue weighted by Gasteiger charge is 2.36. The number of benzene rings is 9. The molecule has 0 saturated heterocycles. The second-order valence-electron chi connectivity index (χ2n) is 15.8. The van der Waals surface area contributed by atoms with E-state index in [1.807, 2.05) is 12.1 Å². The van der Waals surface area contributed by atoms with Crippen LogP contribution in [0.5, 0.6) is 0 Å². The van der Waals surface area contributed by atoms with Crippen molar-refractivity contribution in [2.45, 2.75) is 19.3 Å². The zero-order valence-corrected chi connectivity index (χ0v) is 31.9. The van der Waals surface area contributed by atoms with Gasteiger partial charge in [-0.25, -0.2) is 0 Å². The van der Waals surface area contributed by atoms with Gasteiger partial charge in [-0.1, -0.05) is 153 Å². The molecule has 270 valence electrons. The predicted octanol–water partition coefficient (Wildman–Crippen LogP) is 15.5. The van der Waals surface area contributed by atoms with E-state index in [-0.39, 0.29) is 5.41 Å². The molecule has 0 atom stereocenters. The second-order valence-corrected chi connectivity index (χ2v) is 15.8. The highest BCUT2D eigenvalue weighted by Crippen LogP contribution is 2.52. The van der Waals surface area contributed by atoms with E-state index in [0.717, 1.165) is 50.1 Å². The van der Waals surface area contributed by atoms with Crippen LogP contribution in [0.15, 0.2) is 205 Å². The normalized spacial score (nSPS) is 12.9. The Morgan fingerprint density at radius 2 is 0.982 bits per heavy atom. The van der Waals surface area contributed by atoms with Gasteiger partial charge in [0.25, 0.3) is 0 Å². The van der Waals surface area contributed by atoms with Crippen molar-refractivity contribution in [2.24, 2.45) is 0 Å². The minimum atomic E-state index is -0.206. The van der Waals surface area contributed by atoms with E-state index < -0.39 is 0 Å². The summed E-state index contributed by atoms with van der Waals surface area (Å²) in [5.41, 5.74) is 17.4. The molecule has 57 heavy (non-hydrogen) atoms. The molecule has 0 fully saturated rings. The van der Waals surface area contributed by atoms with Gasteiger partial charge in [0.05, 0.1) is 5.69 Å². The number of hydrogen-bond acceptors (Lipinski definition) is 2. The third-order valence-corrected chi connectivity index (χ3v) is 12.0. The van der Waals surface area contributed by atoms with Gasteiger partial charge in [0.1, 0.15) is 11.2 Å². The van der Waals surface area contributed by atoms with Crippen LogP contribution in [-0.2, 0) is 5.41 Å². The average Bonchev–Trinajstić information content (AvgIpc) is 3.75. The highest BCUT2D eigenvalue weighted by atomic mass is 16.3. The topological polar surface area (TPSA) is 16.4 Å². The van der Waals surface area contributed by atoms with Crippen LogP contribution in [0.3, 0.4) is 0 Å². The number of hydrogen-bond donors (Lipinski definition) is 0. The predicted molar refractivity (Wildman–Crippen MR) is 240 cm³/mol. The maximum atomic E-state index is 6.19. The fourth-order valence-electron chi connectivity index (χ4n) is 9.10. The Morgan fingerprint density at radius 1 is 0.368 bits per heavy atom. The zero-order chi connectivity index (χ0) is 38.1. The largest absolute Gasteiger partial charge is 0.456 e. The Kier molecular flexibility index (Phi) is 7.55. The van der Waals surface area contributed by atoms with Gasteiger partial charge in [0.2, 0.25) is 0 Å². The smallest absolute Gasteiger partial charge is 0.135 e. The van der Waals surface area contributed by atoms with Crippen molar-refractivity contribution >= 4 is 49.8 Å². The third kappa shape index (κ3) is 5.48. The van der Waals surface area contributed by atoms with Crippen molar-refractivity contribution < 1.29 is 4.42 Å². The first-order valence-corrected chi connectivity index (χ1v) is 19.7. The second kappa shape index (κ2) is 13.0. The Balaban J connectivity index is 1.05. The number of para-hydroxylation sites is 2. The summed E-state index contributed by atoms with van der Waals surface area (Å²) in [6.45, 7) is 4.76. The molecule has 0 N–H and O–H groups in total. The molecule has 10 aromatic rings. The standard InChI is InChI=1S/C55H39NO/c1-55(2)50-34-42(40-24-23-36-13-6-7-16-38(36)31-40)25-28-46(50)47-29-27-44(35-51(47)55)56(52-21-10-8-19-45(52)37-14-4-3-5-15-37)43-18-12-17-39(32-43)41-26-30-54-49(33-41)48-20-9-11-22-53(48)57-54/h3-35H,1-2H3. The van der Waals surface area contributed by atoms with Gasteiger partial charge in [0.15, 0.2) is 0 Å². The Hall–Kier alpha value is -7.16. The van der Waals surface area contributed by atoms with Gasteiger partial charge in [0, 0.05) is 33.1 Å². The van der Waals surface area contributed by atoms with Crippen LogP contribution in [0.25, 0.3) is 77.2 Å². The van der Waals surface area contributed by atoms with Gasteiger partial charge in [-0.15, -0.1) is 0 Å². The fourth-order valence-corrected chi connectivity index (χ4v) is 9.10. The molecule has 2 nitrogen and oxygen atoms in total. The average molecular weight is 730 g/mol. The van der Waals surface area contributed by atoms with Gasteiger partial charge in [-0.3, -0.25) is 0 Å². The van der Waals surface area contributed by atoms with E-state index in [2.05, 4.69) is 207 Å². The Labute approximate surface area is 332 Å². The summed E-state index contributed by atoms with van der Waals surface area (Å²) in [6, 6.07) is 72.8. The molecule has 0 bridgehead atoms. The summed E-state index contributed by atoms with van der Waals surface area (Å²) in [5, 5.41) is 4.79. The van der Waals surface area contributed by atoms with E-state index >= 15 is 0 Å². The minimum Gasteiger partial charge on any atom is -0.456 e. The SMILES string of the molecule is CC1(C)c2cc(-c3ccc4ccccc4c3)ccc2-c2ccc(N(c3cccc(-c4ccc5oc6ccccc6c5c4)c3)c3ccccc3-c3ccccc3)cc21. The molecule has 1 aromatic heterocycles. The van der Waals surface area contributed by atoms with Crippen LogP contribution in [0.4, 0.5) is 17.1 Å². The lowest BCUT2D eigenvalue weighted by Gasteiger charge is -2.30. The molecule has 0 unspecified atom stereocenters. The summed E-state index contributed by atoms with van der Waals surface area (Å²) in [4.78, 5) is 2.44. The summed E-state index contributed by atoms with van der Waals surface area (Å²) in [7, 11) is 0. The Bertz CT molecular complexity index is 3170. The molecule has 0 amide bonds. The maximum absolute atomic E-state index is 6.19. The van der Waals surface area contributed by atoms with Crippen molar-refractivity contribution in [1.82, 2.24) is 0 Å². The lowest BCUT2D eigenvalue weighted by atomic mass is 9.81. The van der Waals surface area contributed by atoms with Gasteiger partial charge in [-0.05, 0) is 122 Å². The van der Waals surface area contributed by atoms with Gasteiger partial charge < -0.3 is 9.32 Å². The van der Waals surface area contributed by atoms with E-state index in [4.69, 9.17) is 4.42 Å². The van der Waals surface area contributed by atoms with Crippen LogP contribution >= 0.6 is 0 Å². The molecule has 11 rings (SSSR count). The number of nitrogens with zero attached hydrogens (tertiary/aromatic N) is 1. The summed E-state index contributed by atoms with van der Waals surface area (Å²) in [6.07, 6.45) is 0. The lowest BCUT2D eigenvalue weighted by molar-refractivity contribution is 0.660. The molecule has 0 radical (unpaired) electrons. The van der Waals surface area contributed by atoms with Crippen LogP contribution in [-0.4, -0.2) is 0 Å². The molecule has 1 aliphatic carbocycles. The molecule has 2 heteroatoms. The van der Waals surface area contributed by atoms with Crippen molar-refractivity contribution in [2.75, 3.05) is 4.90 Å². The monoisotopic (exact) mass is 729 g/mol. The molecule has 1 aliphatic rings. The number of anilines is 3. The van der Waals surface area contributed by atoms with Gasteiger partial charge >= 0.3 is 0 Å². The Morgan fingerprint density at radius 3 is 1.88 bits per heavy atom. The highest BCUT2D eigenvalue weighted by molar-refractivity contribution is 6.06. The van der Waals surface area contributed by atoms with Crippen molar-refractivity contribution in [3.8, 4) is 44.5 Å².